The molecule has 1 aromatic carbocycles. The third-order valence-electron chi connectivity index (χ3n) is 5.14. The maximum absolute atomic E-state index is 12.7. The highest BCUT2D eigenvalue weighted by atomic mass is 16.6. The monoisotopic (exact) mass is 447 g/mol. The van der Waals surface area contributed by atoms with Crippen LogP contribution in [-0.4, -0.2) is 49.2 Å². The van der Waals surface area contributed by atoms with Gasteiger partial charge in [0, 0.05) is 25.7 Å². The van der Waals surface area contributed by atoms with Crippen molar-refractivity contribution >= 4 is 29.9 Å². The highest BCUT2D eigenvalue weighted by Crippen LogP contribution is 2.47. The van der Waals surface area contributed by atoms with Gasteiger partial charge in [0.1, 0.15) is 18.9 Å². The number of nitrogens with zero attached hydrogens (tertiary/aromatic N) is 1. The number of hydrogen-bond donors (Lipinski definition) is 0. The van der Waals surface area contributed by atoms with E-state index in [9.17, 15) is 19.2 Å². The van der Waals surface area contributed by atoms with Gasteiger partial charge in [-0.3, -0.25) is 19.2 Å². The number of ether oxygens (including phenoxy) is 3. The van der Waals surface area contributed by atoms with E-state index < -0.39 is 35.3 Å². The number of rotatable bonds is 11. The van der Waals surface area contributed by atoms with Crippen LogP contribution in [0.4, 0.5) is 0 Å². The zero-order valence-electron chi connectivity index (χ0n) is 18.6. The number of esters is 3. The Bertz CT molecular complexity index is 818. The van der Waals surface area contributed by atoms with Crippen molar-refractivity contribution < 1.29 is 38.2 Å². The normalized spacial score (nSPS) is 19.3. The van der Waals surface area contributed by atoms with Crippen molar-refractivity contribution in [2.45, 2.75) is 52.7 Å². The zero-order chi connectivity index (χ0) is 23.6. The minimum atomic E-state index is -1.63. The summed E-state index contributed by atoms with van der Waals surface area (Å²) in [5, 5.41) is 3.69. The molecule has 0 aromatic heterocycles. The van der Waals surface area contributed by atoms with E-state index >= 15 is 0 Å². The first-order valence-electron chi connectivity index (χ1n) is 10.6. The average Bonchev–Trinajstić information content (AvgIpc) is 3.11. The van der Waals surface area contributed by atoms with E-state index in [0.717, 1.165) is 11.8 Å². The van der Waals surface area contributed by atoms with Gasteiger partial charge in [-0.2, -0.15) is 0 Å². The van der Waals surface area contributed by atoms with Crippen LogP contribution in [0.5, 0.6) is 0 Å². The zero-order valence-corrected chi connectivity index (χ0v) is 18.6. The third-order valence-corrected chi connectivity index (χ3v) is 5.14. The summed E-state index contributed by atoms with van der Waals surface area (Å²) in [6, 6.07) is 9.34. The number of Topliss-reactive ketones (excluding diaryl/α,β-unsaturated/α-hetero) is 1. The lowest BCUT2D eigenvalue weighted by molar-refractivity contribution is -0.173. The summed E-state index contributed by atoms with van der Waals surface area (Å²) in [6.07, 6.45) is -0.000250. The first-order valence-corrected chi connectivity index (χ1v) is 10.6. The van der Waals surface area contributed by atoms with Crippen LogP contribution in [-0.2, 0) is 44.8 Å². The molecule has 0 N–H and O–H groups in total. The first-order chi connectivity index (χ1) is 15.3. The molecule has 0 aliphatic heterocycles. The fourth-order valence-corrected chi connectivity index (χ4v) is 3.78. The second kappa shape index (κ2) is 12.0. The second-order valence-corrected chi connectivity index (χ2v) is 7.50. The fraction of sp³-hybridized carbons (Fsp3) is 0.522. The Morgan fingerprint density at radius 3 is 2.22 bits per heavy atom. The SMILES string of the molecule is CCOC(=O)C1(C(=O)OCC)C[C@@H](CC(=O)/C=N/OCc2ccccc2)[C@@H](OC(C)=O)C1. The molecule has 1 fully saturated rings. The summed E-state index contributed by atoms with van der Waals surface area (Å²) >= 11 is 0. The van der Waals surface area contributed by atoms with E-state index in [2.05, 4.69) is 5.16 Å². The minimum Gasteiger partial charge on any atom is -0.465 e. The average molecular weight is 447 g/mol. The molecule has 0 heterocycles. The quantitative estimate of drug-likeness (QED) is 0.167. The van der Waals surface area contributed by atoms with Crippen molar-refractivity contribution in [2.24, 2.45) is 16.5 Å². The van der Waals surface area contributed by atoms with Crippen molar-refractivity contribution in [1.29, 1.82) is 0 Å². The van der Waals surface area contributed by atoms with Crippen molar-refractivity contribution in [1.82, 2.24) is 0 Å². The smallest absolute Gasteiger partial charge is 0.323 e. The Labute approximate surface area is 187 Å². The van der Waals surface area contributed by atoms with Gasteiger partial charge in [0.2, 0.25) is 0 Å². The van der Waals surface area contributed by atoms with Crippen LogP contribution in [0.2, 0.25) is 0 Å². The lowest BCUT2D eigenvalue weighted by atomic mass is 9.84. The molecule has 1 aliphatic rings. The summed E-state index contributed by atoms with van der Waals surface area (Å²) in [7, 11) is 0. The highest BCUT2D eigenvalue weighted by Gasteiger charge is 2.58. The van der Waals surface area contributed by atoms with Gasteiger partial charge < -0.3 is 19.0 Å². The Kier molecular flexibility index (Phi) is 9.37. The third kappa shape index (κ3) is 6.63. The van der Waals surface area contributed by atoms with E-state index in [1.807, 2.05) is 30.3 Å². The number of oxime groups is 1. The molecule has 32 heavy (non-hydrogen) atoms. The Morgan fingerprint density at radius 2 is 1.66 bits per heavy atom. The molecule has 2 atom stereocenters. The standard InChI is InChI=1S/C23H29NO8/c1-4-29-21(27)23(22(28)30-5-2)12-18(20(13-23)32-16(3)25)11-19(26)14-24-31-15-17-9-7-6-8-10-17/h6-10,14,18,20H,4-5,11-13,15H2,1-3H3/b24-14+/t18-,20+/m1/s1. The molecule has 2 rings (SSSR count). The van der Waals surface area contributed by atoms with Crippen molar-refractivity contribution in [3.8, 4) is 0 Å². The molecule has 1 aliphatic carbocycles. The van der Waals surface area contributed by atoms with Crippen molar-refractivity contribution in [3.63, 3.8) is 0 Å². The van der Waals surface area contributed by atoms with Gasteiger partial charge in [-0.05, 0) is 25.8 Å². The molecule has 1 aromatic rings. The van der Waals surface area contributed by atoms with Crippen molar-refractivity contribution in [3.05, 3.63) is 35.9 Å². The van der Waals surface area contributed by atoms with Crippen LogP contribution >= 0.6 is 0 Å². The Morgan fingerprint density at radius 1 is 1.03 bits per heavy atom. The summed E-state index contributed by atoms with van der Waals surface area (Å²) in [6.45, 7) is 4.84. The molecular formula is C23H29NO8. The molecular weight excluding hydrogens is 418 g/mol. The summed E-state index contributed by atoms with van der Waals surface area (Å²) in [4.78, 5) is 54.6. The number of hydrogen-bond acceptors (Lipinski definition) is 9. The first kappa shape index (κ1) is 25.0. The molecule has 9 heteroatoms. The van der Waals surface area contributed by atoms with Gasteiger partial charge in [0.05, 0.1) is 13.2 Å². The van der Waals surface area contributed by atoms with Crippen LogP contribution < -0.4 is 0 Å². The predicted octanol–water partition coefficient (Wildman–Crippen LogP) is 2.60. The minimum absolute atomic E-state index is 0.0347. The molecule has 9 nitrogen and oxygen atoms in total. The number of carbonyl (C=O) groups is 4. The van der Waals surface area contributed by atoms with Crippen molar-refractivity contribution in [2.75, 3.05) is 13.2 Å². The molecule has 0 saturated heterocycles. The summed E-state index contributed by atoms with van der Waals surface area (Å²) in [5.74, 6) is -3.03. The number of carbonyl (C=O) groups excluding carboxylic acids is 4. The van der Waals surface area contributed by atoms with Gasteiger partial charge in [0.25, 0.3) is 0 Å². The number of benzene rings is 1. The summed E-state index contributed by atoms with van der Waals surface area (Å²) < 4.78 is 15.6. The van der Waals surface area contributed by atoms with E-state index in [1.165, 1.54) is 6.92 Å². The highest BCUT2D eigenvalue weighted by molar-refractivity contribution is 6.27. The van der Waals surface area contributed by atoms with E-state index in [1.54, 1.807) is 13.8 Å². The second-order valence-electron chi connectivity index (χ2n) is 7.50. The van der Waals surface area contributed by atoms with Gasteiger partial charge >= 0.3 is 17.9 Å². The van der Waals surface area contributed by atoms with Crippen LogP contribution in [0.1, 0.15) is 45.6 Å². The van der Waals surface area contributed by atoms with Crippen LogP contribution in [0, 0.1) is 11.3 Å². The Balaban J connectivity index is 2.09. The predicted molar refractivity (Wildman–Crippen MR) is 113 cm³/mol. The molecule has 174 valence electrons. The molecule has 0 unspecified atom stereocenters. The van der Waals surface area contributed by atoms with E-state index in [4.69, 9.17) is 19.0 Å². The molecule has 0 spiro atoms. The Hall–Kier alpha value is -3.23. The number of ketones is 1. The van der Waals surface area contributed by atoms with Gasteiger partial charge in [-0.1, -0.05) is 35.5 Å². The van der Waals surface area contributed by atoms with Crippen LogP contribution in [0.3, 0.4) is 0 Å². The fourth-order valence-electron chi connectivity index (χ4n) is 3.78. The van der Waals surface area contributed by atoms with Gasteiger partial charge in [-0.15, -0.1) is 0 Å². The van der Waals surface area contributed by atoms with E-state index in [-0.39, 0.29) is 44.9 Å². The van der Waals surface area contributed by atoms with E-state index in [0.29, 0.717) is 0 Å². The summed E-state index contributed by atoms with van der Waals surface area (Å²) in [5.41, 5.74) is -0.727. The lowest BCUT2D eigenvalue weighted by Crippen LogP contribution is -2.40. The maximum atomic E-state index is 12.7. The topological polar surface area (TPSA) is 118 Å². The maximum Gasteiger partial charge on any atom is 0.323 e. The molecule has 0 radical (unpaired) electrons. The molecule has 0 bridgehead atoms. The van der Waals surface area contributed by atoms with Gasteiger partial charge in [-0.25, -0.2) is 0 Å². The van der Waals surface area contributed by atoms with Gasteiger partial charge in [0.15, 0.2) is 11.2 Å². The largest absolute Gasteiger partial charge is 0.465 e. The van der Waals surface area contributed by atoms with Crippen LogP contribution in [0.15, 0.2) is 35.5 Å². The molecule has 1 saturated carbocycles. The lowest BCUT2D eigenvalue weighted by Gasteiger charge is -2.24. The molecule has 0 amide bonds. The van der Waals surface area contributed by atoms with Crippen LogP contribution in [0.25, 0.3) is 0 Å².